The number of nitrogens with zero attached hydrogens (tertiary/aromatic N) is 3. The topological polar surface area (TPSA) is 95.2 Å². The fourth-order valence-electron chi connectivity index (χ4n) is 4.01. The van der Waals surface area contributed by atoms with E-state index in [2.05, 4.69) is 11.2 Å². The van der Waals surface area contributed by atoms with Gasteiger partial charge in [-0.3, -0.25) is 4.79 Å². The average Bonchev–Trinajstić information content (AvgIpc) is 3.06. The summed E-state index contributed by atoms with van der Waals surface area (Å²) < 4.78 is 5.92. The molecule has 1 saturated heterocycles. The van der Waals surface area contributed by atoms with Crippen LogP contribution in [0.1, 0.15) is 27.9 Å². The number of oxime groups is 1. The number of benzene rings is 2. The van der Waals surface area contributed by atoms with Crippen LogP contribution in [0.2, 0.25) is 0 Å². The van der Waals surface area contributed by atoms with Gasteiger partial charge in [-0.25, -0.2) is 0 Å². The molecule has 4 rings (SSSR count). The zero-order chi connectivity index (χ0) is 20.4. The van der Waals surface area contributed by atoms with E-state index >= 15 is 0 Å². The molecule has 0 bridgehead atoms. The third kappa shape index (κ3) is 3.43. The number of rotatable bonds is 3. The van der Waals surface area contributed by atoms with Crippen molar-refractivity contribution in [2.45, 2.75) is 18.9 Å². The minimum atomic E-state index is -0.324. The van der Waals surface area contributed by atoms with Crippen LogP contribution in [-0.4, -0.2) is 54.5 Å². The van der Waals surface area contributed by atoms with Crippen molar-refractivity contribution in [2.24, 2.45) is 5.16 Å². The molecule has 2 aliphatic rings. The van der Waals surface area contributed by atoms with Crippen LogP contribution in [0.25, 0.3) is 11.1 Å². The Labute approximate surface area is 168 Å². The number of ether oxygens (including phenoxy) is 1. The van der Waals surface area contributed by atoms with Crippen LogP contribution in [0.15, 0.2) is 41.6 Å². The van der Waals surface area contributed by atoms with Crippen molar-refractivity contribution >= 4 is 11.6 Å². The van der Waals surface area contributed by atoms with Gasteiger partial charge >= 0.3 is 0 Å². The third-order valence-electron chi connectivity index (χ3n) is 5.38. The predicted molar refractivity (Wildman–Crippen MR) is 107 cm³/mol. The lowest BCUT2D eigenvalue weighted by Gasteiger charge is -2.22. The number of hydrogen-bond acceptors (Lipinski definition) is 6. The molecule has 1 N–H and O–H groups in total. The zero-order valence-corrected chi connectivity index (χ0v) is 16.1. The quantitative estimate of drug-likeness (QED) is 0.811. The SMILES string of the molecule is CO/N=C1/C[C@@H](CO)N(C(=O)c2ccc3c(c2)OCCc2c(C#N)cccc2-3)C1. The molecule has 1 fully saturated rings. The Morgan fingerprint density at radius 2 is 2.24 bits per heavy atom. The summed E-state index contributed by atoms with van der Waals surface area (Å²) >= 11 is 0. The second-order valence-corrected chi connectivity index (χ2v) is 7.07. The molecule has 2 aromatic rings. The Bertz CT molecular complexity index is 1030. The van der Waals surface area contributed by atoms with Crippen LogP contribution in [0, 0.1) is 11.3 Å². The van der Waals surface area contributed by atoms with E-state index in [9.17, 15) is 15.2 Å². The first-order valence-electron chi connectivity index (χ1n) is 9.46. The number of nitriles is 1. The van der Waals surface area contributed by atoms with Gasteiger partial charge in [0.05, 0.1) is 43.1 Å². The molecule has 0 aliphatic carbocycles. The van der Waals surface area contributed by atoms with Crippen LogP contribution in [0.3, 0.4) is 0 Å². The van der Waals surface area contributed by atoms with E-state index < -0.39 is 0 Å². The van der Waals surface area contributed by atoms with Gasteiger partial charge in [0.25, 0.3) is 5.91 Å². The van der Waals surface area contributed by atoms with E-state index in [-0.39, 0.29) is 18.6 Å². The molecule has 148 valence electrons. The Morgan fingerprint density at radius 3 is 3.00 bits per heavy atom. The van der Waals surface area contributed by atoms with Gasteiger partial charge in [0, 0.05) is 24.0 Å². The van der Waals surface area contributed by atoms with E-state index in [1.165, 1.54) is 7.11 Å². The number of aliphatic hydroxyl groups excluding tert-OH is 1. The minimum Gasteiger partial charge on any atom is -0.493 e. The fraction of sp³-hybridized carbons (Fsp3) is 0.318. The first kappa shape index (κ1) is 19.0. The molecular weight excluding hydrogens is 370 g/mol. The highest BCUT2D eigenvalue weighted by Crippen LogP contribution is 2.37. The van der Waals surface area contributed by atoms with Crippen LogP contribution in [-0.2, 0) is 11.3 Å². The summed E-state index contributed by atoms with van der Waals surface area (Å²) in [5.74, 6) is 0.433. The maximum absolute atomic E-state index is 13.1. The highest BCUT2D eigenvalue weighted by atomic mass is 16.6. The van der Waals surface area contributed by atoms with Crippen LogP contribution >= 0.6 is 0 Å². The molecule has 0 spiro atoms. The molecule has 1 atom stereocenters. The molecule has 2 aromatic carbocycles. The molecule has 0 unspecified atom stereocenters. The van der Waals surface area contributed by atoms with Crippen molar-refractivity contribution in [2.75, 3.05) is 26.9 Å². The fourth-order valence-corrected chi connectivity index (χ4v) is 4.01. The molecule has 0 radical (unpaired) electrons. The van der Waals surface area contributed by atoms with Crippen LogP contribution < -0.4 is 4.74 Å². The number of carbonyl (C=O) groups is 1. The lowest BCUT2D eigenvalue weighted by Crippen LogP contribution is -2.37. The van der Waals surface area contributed by atoms with E-state index in [1.54, 1.807) is 17.0 Å². The maximum Gasteiger partial charge on any atom is 0.254 e. The van der Waals surface area contributed by atoms with Gasteiger partial charge in [-0.05, 0) is 35.4 Å². The van der Waals surface area contributed by atoms with Crippen molar-refractivity contribution in [3.8, 4) is 22.9 Å². The second-order valence-electron chi connectivity index (χ2n) is 7.07. The zero-order valence-electron chi connectivity index (χ0n) is 16.1. The van der Waals surface area contributed by atoms with Crippen LogP contribution in [0.5, 0.6) is 5.75 Å². The number of likely N-dealkylation sites (tertiary alicyclic amines) is 1. The highest BCUT2D eigenvalue weighted by Gasteiger charge is 2.33. The summed E-state index contributed by atoms with van der Waals surface area (Å²) in [4.78, 5) is 19.5. The second kappa shape index (κ2) is 7.94. The molecule has 2 aliphatic heterocycles. The maximum atomic E-state index is 13.1. The Balaban J connectivity index is 1.68. The molecule has 1 amide bonds. The first-order chi connectivity index (χ1) is 14.2. The van der Waals surface area contributed by atoms with Gasteiger partial charge in [-0.1, -0.05) is 17.3 Å². The average molecular weight is 391 g/mol. The standard InChI is InChI=1S/C22H21N3O4/c1-28-24-16-10-17(13-26)25(12-16)22(27)14-5-6-20-19-4-2-3-15(11-23)18(19)7-8-29-21(20)9-14/h2-6,9,17,26H,7-8,10,12-13H2,1H3/b24-16-/t17-/m0/s1. The highest BCUT2D eigenvalue weighted by molar-refractivity contribution is 6.01. The molecule has 29 heavy (non-hydrogen) atoms. The largest absolute Gasteiger partial charge is 0.493 e. The number of carbonyl (C=O) groups excluding carboxylic acids is 1. The number of fused-ring (bicyclic) bond motifs is 3. The van der Waals surface area contributed by atoms with Crippen molar-refractivity contribution in [1.29, 1.82) is 5.26 Å². The van der Waals surface area contributed by atoms with Gasteiger partial charge in [0.2, 0.25) is 0 Å². The lowest BCUT2D eigenvalue weighted by molar-refractivity contribution is 0.0679. The Kier molecular flexibility index (Phi) is 5.19. The monoisotopic (exact) mass is 391 g/mol. The van der Waals surface area contributed by atoms with Gasteiger partial charge < -0.3 is 19.6 Å². The van der Waals surface area contributed by atoms with E-state index in [0.29, 0.717) is 42.9 Å². The number of amides is 1. The lowest BCUT2D eigenvalue weighted by atomic mass is 9.93. The van der Waals surface area contributed by atoms with Crippen molar-refractivity contribution < 1.29 is 19.5 Å². The minimum absolute atomic E-state index is 0.139. The summed E-state index contributed by atoms with van der Waals surface area (Å²) in [5.41, 5.74) is 4.65. The molecule has 0 aromatic heterocycles. The van der Waals surface area contributed by atoms with E-state index in [0.717, 1.165) is 22.4 Å². The predicted octanol–water partition coefficient (Wildman–Crippen LogP) is 2.37. The Morgan fingerprint density at radius 1 is 1.38 bits per heavy atom. The normalized spacial score (nSPS) is 19.0. The van der Waals surface area contributed by atoms with Gasteiger partial charge in [-0.15, -0.1) is 0 Å². The van der Waals surface area contributed by atoms with Gasteiger partial charge in [-0.2, -0.15) is 5.26 Å². The summed E-state index contributed by atoms with van der Waals surface area (Å²) in [6.07, 6.45) is 1.12. The summed E-state index contributed by atoms with van der Waals surface area (Å²) in [5, 5.41) is 23.0. The summed E-state index contributed by atoms with van der Waals surface area (Å²) in [6, 6.07) is 12.9. The molecular formula is C22H21N3O4. The summed E-state index contributed by atoms with van der Waals surface area (Å²) in [7, 11) is 1.46. The van der Waals surface area contributed by atoms with Crippen molar-refractivity contribution in [3.63, 3.8) is 0 Å². The van der Waals surface area contributed by atoms with Gasteiger partial charge in [0.15, 0.2) is 0 Å². The van der Waals surface area contributed by atoms with Gasteiger partial charge in [0.1, 0.15) is 12.9 Å². The molecule has 7 nitrogen and oxygen atoms in total. The van der Waals surface area contributed by atoms with Crippen molar-refractivity contribution in [1.82, 2.24) is 4.90 Å². The van der Waals surface area contributed by atoms with Crippen molar-refractivity contribution in [3.05, 3.63) is 53.1 Å². The number of hydrogen-bond donors (Lipinski definition) is 1. The molecule has 0 saturated carbocycles. The third-order valence-corrected chi connectivity index (χ3v) is 5.38. The summed E-state index contributed by atoms with van der Waals surface area (Å²) in [6.45, 7) is 0.619. The molecule has 2 heterocycles. The number of aliphatic hydroxyl groups is 1. The van der Waals surface area contributed by atoms with E-state index in [4.69, 9.17) is 9.57 Å². The van der Waals surface area contributed by atoms with E-state index in [1.807, 2.05) is 24.3 Å². The smallest absolute Gasteiger partial charge is 0.254 e. The molecule has 7 heteroatoms. The first-order valence-corrected chi connectivity index (χ1v) is 9.46. The van der Waals surface area contributed by atoms with Crippen LogP contribution in [0.4, 0.5) is 0 Å². The Hall–Kier alpha value is -3.37.